The fourth-order valence-electron chi connectivity index (χ4n) is 13.0. The molecule has 2 heterocycles. The van der Waals surface area contributed by atoms with Crippen molar-refractivity contribution in [3.8, 4) is 33.4 Å². The van der Waals surface area contributed by atoms with Crippen LogP contribution in [0.25, 0.3) is 33.4 Å². The zero-order valence-corrected chi connectivity index (χ0v) is 34.4. The van der Waals surface area contributed by atoms with E-state index in [1.807, 2.05) is 0 Å². The predicted molar refractivity (Wildman–Crippen MR) is 257 cm³/mol. The summed E-state index contributed by atoms with van der Waals surface area (Å²) >= 11 is 0. The van der Waals surface area contributed by atoms with E-state index in [1.165, 1.54) is 122 Å². The van der Waals surface area contributed by atoms with Gasteiger partial charge in [-0.25, -0.2) is 0 Å². The molecular formula is C58H47BN2. The molecule has 0 saturated heterocycles. The maximum absolute atomic E-state index is 2.69. The molecule has 0 atom stereocenters. The minimum atomic E-state index is 0.0589. The van der Waals surface area contributed by atoms with Crippen LogP contribution in [-0.2, 0) is 5.41 Å². The third-order valence-corrected chi connectivity index (χ3v) is 15.2. The van der Waals surface area contributed by atoms with Gasteiger partial charge in [-0.05, 0) is 166 Å². The van der Waals surface area contributed by atoms with Gasteiger partial charge in [-0.2, -0.15) is 0 Å². The molecule has 4 fully saturated rings. The number of hydrogen-bond acceptors (Lipinski definition) is 2. The Morgan fingerprint density at radius 1 is 0.361 bits per heavy atom. The summed E-state index contributed by atoms with van der Waals surface area (Å²) < 4.78 is 0. The summed E-state index contributed by atoms with van der Waals surface area (Å²) in [5.41, 5.74) is 20.9. The number of hydrogen-bond donors (Lipinski definition) is 0. The van der Waals surface area contributed by atoms with Crippen LogP contribution in [0.2, 0.25) is 0 Å². The summed E-state index contributed by atoms with van der Waals surface area (Å²) in [5, 5.41) is 0. The van der Waals surface area contributed by atoms with Gasteiger partial charge in [-0.15, -0.1) is 0 Å². The molecule has 6 aliphatic rings. The number of anilines is 6. The maximum atomic E-state index is 2.69. The Hall–Kier alpha value is -6.58. The molecule has 0 aromatic heterocycles. The van der Waals surface area contributed by atoms with Gasteiger partial charge in [0, 0.05) is 34.1 Å². The van der Waals surface area contributed by atoms with Crippen molar-refractivity contribution in [3.63, 3.8) is 0 Å². The van der Waals surface area contributed by atoms with Crippen LogP contribution < -0.4 is 26.2 Å². The SMILES string of the molecule is c1ccc(-c2cccc(N3c4cc(-c5ccccc5)ccc4B4c5ccc(-c6ccccc6)cc5N(c5ccccc5)c5cc(C67CC8CC(CC(C8)C6)C7)cc3c54)c2)cc1. The normalized spacial score (nSPS) is 21.5. The molecule has 14 rings (SSSR count). The largest absolute Gasteiger partial charge is 0.311 e. The summed E-state index contributed by atoms with van der Waals surface area (Å²) in [6, 6.07) is 73.2. The topological polar surface area (TPSA) is 6.48 Å². The Bertz CT molecular complexity index is 2930. The lowest BCUT2D eigenvalue weighted by atomic mass is 9.33. The van der Waals surface area contributed by atoms with E-state index < -0.39 is 0 Å². The lowest BCUT2D eigenvalue weighted by Gasteiger charge is -2.57. The van der Waals surface area contributed by atoms with E-state index >= 15 is 0 Å². The molecule has 292 valence electrons. The monoisotopic (exact) mass is 782 g/mol. The van der Waals surface area contributed by atoms with Crippen molar-refractivity contribution in [2.24, 2.45) is 17.8 Å². The third-order valence-electron chi connectivity index (χ3n) is 15.2. The van der Waals surface area contributed by atoms with E-state index in [0.29, 0.717) is 0 Å². The minimum absolute atomic E-state index is 0.0589. The van der Waals surface area contributed by atoms with E-state index in [-0.39, 0.29) is 12.1 Å². The lowest BCUT2D eigenvalue weighted by molar-refractivity contribution is -0.00514. The summed E-state index contributed by atoms with van der Waals surface area (Å²) in [6.07, 6.45) is 8.24. The van der Waals surface area contributed by atoms with Gasteiger partial charge >= 0.3 is 0 Å². The van der Waals surface area contributed by atoms with Crippen molar-refractivity contribution in [2.75, 3.05) is 9.80 Å². The maximum Gasteiger partial charge on any atom is 0.252 e. The zero-order valence-electron chi connectivity index (χ0n) is 34.4. The minimum Gasteiger partial charge on any atom is -0.311 e. The number of nitrogens with zero attached hydrogens (tertiary/aromatic N) is 2. The molecule has 4 saturated carbocycles. The first-order valence-electron chi connectivity index (χ1n) is 22.5. The summed E-state index contributed by atoms with van der Waals surface area (Å²) in [5.74, 6) is 2.54. The second kappa shape index (κ2) is 13.7. The smallest absolute Gasteiger partial charge is 0.252 e. The molecule has 0 unspecified atom stereocenters. The molecule has 4 aliphatic carbocycles. The van der Waals surface area contributed by atoms with Crippen LogP contribution in [0.3, 0.4) is 0 Å². The van der Waals surface area contributed by atoms with E-state index in [0.717, 1.165) is 17.8 Å². The summed E-state index contributed by atoms with van der Waals surface area (Å²) in [6.45, 7) is 0.0589. The Labute approximate surface area is 360 Å². The molecule has 2 aliphatic heterocycles. The Morgan fingerprint density at radius 3 is 1.26 bits per heavy atom. The van der Waals surface area contributed by atoms with Crippen LogP contribution in [-0.4, -0.2) is 6.71 Å². The van der Waals surface area contributed by atoms with Crippen LogP contribution in [0.4, 0.5) is 34.1 Å². The van der Waals surface area contributed by atoms with Crippen LogP contribution >= 0.6 is 0 Å². The predicted octanol–water partition coefficient (Wildman–Crippen LogP) is 13.2. The molecule has 8 aromatic carbocycles. The van der Waals surface area contributed by atoms with E-state index in [9.17, 15) is 0 Å². The van der Waals surface area contributed by atoms with Crippen LogP contribution in [0.1, 0.15) is 44.1 Å². The number of rotatable bonds is 6. The second-order valence-corrected chi connectivity index (χ2v) is 18.8. The molecule has 0 spiro atoms. The average molecular weight is 783 g/mol. The summed E-state index contributed by atoms with van der Waals surface area (Å²) in [7, 11) is 0. The van der Waals surface area contributed by atoms with Crippen molar-refractivity contribution in [2.45, 2.75) is 43.9 Å². The first-order valence-corrected chi connectivity index (χ1v) is 22.5. The quantitative estimate of drug-likeness (QED) is 0.155. The Balaban J connectivity index is 1.12. The first kappa shape index (κ1) is 35.2. The van der Waals surface area contributed by atoms with Crippen molar-refractivity contribution in [1.82, 2.24) is 0 Å². The van der Waals surface area contributed by atoms with Gasteiger partial charge in [0.05, 0.1) is 0 Å². The second-order valence-electron chi connectivity index (χ2n) is 18.8. The van der Waals surface area contributed by atoms with Gasteiger partial charge in [-0.1, -0.05) is 146 Å². The van der Waals surface area contributed by atoms with Crippen molar-refractivity contribution >= 4 is 57.2 Å². The van der Waals surface area contributed by atoms with Gasteiger partial charge in [0.2, 0.25) is 0 Å². The van der Waals surface area contributed by atoms with Crippen LogP contribution in [0.15, 0.2) is 194 Å². The lowest BCUT2D eigenvalue weighted by Crippen LogP contribution is -2.61. The van der Waals surface area contributed by atoms with Crippen molar-refractivity contribution in [1.29, 1.82) is 0 Å². The molecule has 2 nitrogen and oxygen atoms in total. The molecule has 0 radical (unpaired) electrons. The zero-order chi connectivity index (χ0) is 40.1. The Kier molecular flexibility index (Phi) is 7.92. The van der Waals surface area contributed by atoms with Crippen molar-refractivity contribution in [3.05, 3.63) is 200 Å². The van der Waals surface area contributed by atoms with Gasteiger partial charge in [0.15, 0.2) is 0 Å². The summed E-state index contributed by atoms with van der Waals surface area (Å²) in [4.78, 5) is 5.28. The molecule has 3 heteroatoms. The van der Waals surface area contributed by atoms with Crippen LogP contribution in [0.5, 0.6) is 0 Å². The highest BCUT2D eigenvalue weighted by atomic mass is 15.2. The van der Waals surface area contributed by atoms with E-state index in [2.05, 4.69) is 204 Å². The first-order chi connectivity index (χ1) is 30.2. The molecule has 61 heavy (non-hydrogen) atoms. The molecule has 0 amide bonds. The van der Waals surface area contributed by atoms with E-state index in [4.69, 9.17) is 0 Å². The standard InChI is InChI=1S/C58H47BN2/c1-5-14-42(15-6-1)45-20-13-23-50(31-45)61-54-33-47(44-18-9-3-10-19-44)25-27-52(54)59-51-26-24-46(43-16-7-2-8-17-43)32-53(51)60(49-21-11-4-12-22-49)55-34-48(35-56(61)57(55)59)58-36-39-28-40(37-58)30-41(29-39)38-58/h1-27,31-35,39-41H,28-30,36-38H2. The molecular weight excluding hydrogens is 735 g/mol. The van der Waals surface area contributed by atoms with Gasteiger partial charge < -0.3 is 9.80 Å². The average Bonchev–Trinajstić information content (AvgIpc) is 3.31. The molecule has 8 aromatic rings. The number of benzene rings is 8. The van der Waals surface area contributed by atoms with Crippen molar-refractivity contribution < 1.29 is 0 Å². The molecule has 4 bridgehead atoms. The highest BCUT2D eigenvalue weighted by Crippen LogP contribution is 2.62. The number of fused-ring (bicyclic) bond motifs is 4. The number of para-hydroxylation sites is 1. The van der Waals surface area contributed by atoms with E-state index in [1.54, 1.807) is 5.56 Å². The fraction of sp³-hybridized carbons (Fsp3) is 0.172. The van der Waals surface area contributed by atoms with Crippen LogP contribution in [0, 0.1) is 17.8 Å². The molecule has 0 N–H and O–H groups in total. The highest BCUT2D eigenvalue weighted by molar-refractivity contribution is 7.00. The van der Waals surface area contributed by atoms with Gasteiger partial charge in [0.25, 0.3) is 6.71 Å². The fourth-order valence-corrected chi connectivity index (χ4v) is 13.0. The van der Waals surface area contributed by atoms with Gasteiger partial charge in [0.1, 0.15) is 0 Å². The van der Waals surface area contributed by atoms with Gasteiger partial charge in [-0.3, -0.25) is 0 Å². The Morgan fingerprint density at radius 2 is 0.770 bits per heavy atom. The third kappa shape index (κ3) is 5.63. The highest BCUT2D eigenvalue weighted by Gasteiger charge is 2.53.